The highest BCUT2D eigenvalue weighted by molar-refractivity contribution is 7.95. The highest BCUT2D eigenvalue weighted by Crippen LogP contribution is 2.49. The summed E-state index contributed by atoms with van der Waals surface area (Å²) in [4.78, 5) is 15.0. The standard InChI is InChI=1S/C25H21F3N2O3S/c26-25(27,28)19-9-6-10-20(15-19)34(32,33)29-14-13-24(17-29)21-11-4-5-12-22(21)30(23(24)31)16-18-7-2-1-3-8-18/h1-12,15H,13-14,16-17H2. The number of carbonyl (C=O) groups excluding carboxylic acids is 1. The van der Waals surface area contributed by atoms with Gasteiger partial charge in [-0.1, -0.05) is 58.8 Å². The number of anilines is 1. The summed E-state index contributed by atoms with van der Waals surface area (Å²) in [7, 11) is -4.22. The SMILES string of the molecule is O=C1N(Cc2ccccc2)c2ccccc2C12CCN([S+](=O)([O-])c1cccc(C(F)(F)F)c1)C2. The zero-order chi connectivity index (χ0) is 24.1. The highest BCUT2D eigenvalue weighted by atomic mass is 32.3. The van der Waals surface area contributed by atoms with Crippen molar-refractivity contribution < 1.29 is 26.7 Å². The molecule has 0 aromatic heterocycles. The molecule has 34 heavy (non-hydrogen) atoms. The fourth-order valence-electron chi connectivity index (χ4n) is 4.88. The van der Waals surface area contributed by atoms with Crippen molar-refractivity contribution in [1.29, 1.82) is 0 Å². The van der Waals surface area contributed by atoms with Crippen LogP contribution in [0.1, 0.15) is 23.1 Å². The first kappa shape index (κ1) is 22.8. The summed E-state index contributed by atoms with van der Waals surface area (Å²) in [6, 6.07) is 20.5. The summed E-state index contributed by atoms with van der Waals surface area (Å²) in [5.74, 6) is -0.195. The van der Waals surface area contributed by atoms with Crippen LogP contribution in [0.3, 0.4) is 0 Å². The lowest BCUT2D eigenvalue weighted by molar-refractivity contribution is -0.137. The number of hydrogen-bond donors (Lipinski definition) is 0. The van der Waals surface area contributed by atoms with Crippen molar-refractivity contribution in [3.8, 4) is 0 Å². The van der Waals surface area contributed by atoms with Crippen molar-refractivity contribution in [1.82, 2.24) is 4.31 Å². The molecule has 3 aromatic carbocycles. The van der Waals surface area contributed by atoms with E-state index in [1.54, 1.807) is 4.90 Å². The van der Waals surface area contributed by atoms with Crippen LogP contribution in [-0.4, -0.2) is 27.9 Å². The third-order valence-corrected chi connectivity index (χ3v) is 8.42. The number of hydrogen-bond acceptors (Lipinski definition) is 3. The Labute approximate surface area is 196 Å². The van der Waals surface area contributed by atoms with Crippen LogP contribution >= 0.6 is 0 Å². The molecule has 1 saturated heterocycles. The lowest BCUT2D eigenvalue weighted by Gasteiger charge is -2.27. The summed E-state index contributed by atoms with van der Waals surface area (Å²) >= 11 is 0. The van der Waals surface area contributed by atoms with Gasteiger partial charge in [0.1, 0.15) is 0 Å². The number of nitrogens with zero attached hydrogens (tertiary/aromatic N) is 2. The Hall–Kier alpha value is -3.01. The lowest BCUT2D eigenvalue weighted by atomic mass is 9.81. The van der Waals surface area contributed by atoms with Crippen LogP contribution in [0.4, 0.5) is 18.9 Å². The van der Waals surface area contributed by atoms with E-state index < -0.39 is 32.4 Å². The van der Waals surface area contributed by atoms with Crippen molar-refractivity contribution >= 4 is 22.0 Å². The molecule has 2 aliphatic rings. The normalized spacial score (nSPS) is 22.2. The van der Waals surface area contributed by atoms with Gasteiger partial charge in [0.2, 0.25) is 5.91 Å². The molecule has 3 aromatic rings. The number of para-hydroxylation sites is 1. The van der Waals surface area contributed by atoms with Crippen LogP contribution < -0.4 is 4.90 Å². The Morgan fingerprint density at radius 2 is 1.68 bits per heavy atom. The average Bonchev–Trinajstić information content (AvgIpc) is 3.38. The van der Waals surface area contributed by atoms with Crippen molar-refractivity contribution in [3.63, 3.8) is 0 Å². The molecule has 0 N–H and O–H groups in total. The molecule has 1 fully saturated rings. The monoisotopic (exact) mass is 486 g/mol. The smallest absolute Gasteiger partial charge is 0.416 e. The lowest BCUT2D eigenvalue weighted by Crippen LogP contribution is -2.44. The van der Waals surface area contributed by atoms with E-state index in [4.69, 9.17) is 0 Å². The zero-order valence-corrected chi connectivity index (χ0v) is 18.8. The molecule has 5 nitrogen and oxygen atoms in total. The van der Waals surface area contributed by atoms with Gasteiger partial charge in [-0.3, -0.25) is 4.79 Å². The number of halogens is 3. The van der Waals surface area contributed by atoms with Crippen LogP contribution in [-0.2, 0) is 37.5 Å². The second-order valence-electron chi connectivity index (χ2n) is 8.59. The Balaban J connectivity index is 1.48. The molecule has 0 bridgehead atoms. The minimum Gasteiger partial charge on any atom is -0.593 e. The minimum absolute atomic E-state index is 0.0395. The summed E-state index contributed by atoms with van der Waals surface area (Å²) in [6.45, 7) is 0.267. The fraction of sp³-hybridized carbons (Fsp3) is 0.240. The molecule has 1 spiro atoms. The molecule has 2 atom stereocenters. The minimum atomic E-state index is -4.66. The predicted molar refractivity (Wildman–Crippen MR) is 120 cm³/mol. The topological polar surface area (TPSA) is 63.7 Å². The third kappa shape index (κ3) is 3.64. The first-order valence-electron chi connectivity index (χ1n) is 10.8. The van der Waals surface area contributed by atoms with Gasteiger partial charge < -0.3 is 9.45 Å². The number of carbonyl (C=O) groups is 1. The van der Waals surface area contributed by atoms with E-state index in [1.165, 1.54) is 0 Å². The van der Waals surface area contributed by atoms with E-state index in [2.05, 4.69) is 0 Å². The molecule has 2 heterocycles. The average molecular weight is 487 g/mol. The number of benzene rings is 3. The molecule has 176 valence electrons. The Kier molecular flexibility index (Phi) is 5.38. The van der Waals surface area contributed by atoms with Crippen LogP contribution in [0.25, 0.3) is 0 Å². The molecule has 2 aliphatic heterocycles. The second-order valence-corrected chi connectivity index (χ2v) is 10.5. The van der Waals surface area contributed by atoms with E-state index in [-0.39, 0.29) is 25.4 Å². The predicted octanol–water partition coefficient (Wildman–Crippen LogP) is 4.80. The summed E-state index contributed by atoms with van der Waals surface area (Å²) in [5, 5.41) is 0. The van der Waals surface area contributed by atoms with Gasteiger partial charge in [-0.15, -0.1) is 4.31 Å². The number of amides is 1. The van der Waals surface area contributed by atoms with Gasteiger partial charge in [0.05, 0.1) is 24.1 Å². The quantitative estimate of drug-likeness (QED) is 0.498. The third-order valence-electron chi connectivity index (χ3n) is 6.58. The Bertz CT molecular complexity index is 1300. The summed E-state index contributed by atoms with van der Waals surface area (Å²) in [6.07, 6.45) is -4.40. The maximum Gasteiger partial charge on any atom is 0.416 e. The van der Waals surface area contributed by atoms with Gasteiger partial charge in [-0.25, -0.2) is 0 Å². The first-order valence-corrected chi connectivity index (χ1v) is 12.2. The van der Waals surface area contributed by atoms with Crippen molar-refractivity contribution in [2.75, 3.05) is 18.0 Å². The number of fused-ring (bicyclic) bond motifs is 2. The van der Waals surface area contributed by atoms with Crippen LogP contribution in [0.5, 0.6) is 0 Å². The van der Waals surface area contributed by atoms with Crippen LogP contribution in [0, 0.1) is 0 Å². The van der Waals surface area contributed by atoms with Crippen molar-refractivity contribution in [2.45, 2.75) is 29.5 Å². The molecule has 0 saturated carbocycles. The van der Waals surface area contributed by atoms with Gasteiger partial charge in [-0.05, 0) is 35.7 Å². The van der Waals surface area contributed by atoms with E-state index in [0.29, 0.717) is 12.6 Å². The number of rotatable bonds is 4. The van der Waals surface area contributed by atoms with Gasteiger partial charge in [0.25, 0.3) is 0 Å². The number of sulfonamides is 1. The first-order chi connectivity index (χ1) is 16.1. The molecular formula is C25H21F3N2O3S. The maximum atomic E-state index is 13.7. The van der Waals surface area contributed by atoms with Gasteiger partial charge >= 0.3 is 6.18 Å². The van der Waals surface area contributed by atoms with Crippen molar-refractivity contribution in [2.24, 2.45) is 0 Å². The second kappa shape index (κ2) is 8.04. The summed E-state index contributed by atoms with van der Waals surface area (Å²) in [5.41, 5.74) is 0.320. The van der Waals surface area contributed by atoms with E-state index >= 15 is 0 Å². The van der Waals surface area contributed by atoms with Gasteiger partial charge in [-0.2, -0.15) is 13.2 Å². The molecule has 1 amide bonds. The van der Waals surface area contributed by atoms with E-state index in [0.717, 1.165) is 39.3 Å². The fourth-order valence-corrected chi connectivity index (χ4v) is 6.42. The highest BCUT2D eigenvalue weighted by Gasteiger charge is 2.57. The van der Waals surface area contributed by atoms with Crippen LogP contribution in [0.15, 0.2) is 83.8 Å². The molecular weight excluding hydrogens is 465 g/mol. The molecule has 9 heteroatoms. The van der Waals surface area contributed by atoms with Gasteiger partial charge in [0.15, 0.2) is 15.3 Å². The summed E-state index contributed by atoms with van der Waals surface area (Å²) < 4.78 is 67.1. The van der Waals surface area contributed by atoms with Crippen molar-refractivity contribution in [3.05, 3.63) is 95.6 Å². The maximum absolute atomic E-state index is 13.7. The molecule has 2 unspecified atom stereocenters. The number of alkyl halides is 3. The Morgan fingerprint density at radius 1 is 0.971 bits per heavy atom. The van der Waals surface area contributed by atoms with E-state index in [1.807, 2.05) is 54.6 Å². The molecule has 0 aliphatic carbocycles. The largest absolute Gasteiger partial charge is 0.593 e. The molecule has 5 rings (SSSR count). The van der Waals surface area contributed by atoms with Crippen LogP contribution in [0.2, 0.25) is 0 Å². The Morgan fingerprint density at radius 3 is 2.41 bits per heavy atom. The van der Waals surface area contributed by atoms with Gasteiger partial charge in [0, 0.05) is 18.3 Å². The zero-order valence-electron chi connectivity index (χ0n) is 18.0. The van der Waals surface area contributed by atoms with E-state index in [9.17, 15) is 26.7 Å². The molecule has 0 radical (unpaired) electrons.